The maximum absolute atomic E-state index is 12.3. The molecule has 0 unspecified atom stereocenters. The highest BCUT2D eigenvalue weighted by Crippen LogP contribution is 2.25. The molecule has 0 aliphatic carbocycles. The summed E-state index contributed by atoms with van der Waals surface area (Å²) in [7, 11) is 0. The first-order chi connectivity index (χ1) is 14.0. The summed E-state index contributed by atoms with van der Waals surface area (Å²) in [6, 6.07) is 16.5. The lowest BCUT2D eigenvalue weighted by molar-refractivity contribution is -0.121. The van der Waals surface area contributed by atoms with Gasteiger partial charge in [0, 0.05) is 35.1 Å². The number of rotatable bonds is 8. The van der Waals surface area contributed by atoms with Gasteiger partial charge in [-0.2, -0.15) is 0 Å². The lowest BCUT2D eigenvalue weighted by Gasteiger charge is -2.33. The molecule has 1 saturated heterocycles. The van der Waals surface area contributed by atoms with Crippen molar-refractivity contribution in [3.05, 3.63) is 59.1 Å². The van der Waals surface area contributed by atoms with E-state index in [0.29, 0.717) is 6.42 Å². The molecule has 3 nitrogen and oxygen atoms in total. The van der Waals surface area contributed by atoms with E-state index in [4.69, 9.17) is 11.6 Å². The summed E-state index contributed by atoms with van der Waals surface area (Å²) in [5.41, 5.74) is 2.45. The van der Waals surface area contributed by atoms with Gasteiger partial charge in [-0.3, -0.25) is 4.79 Å². The van der Waals surface area contributed by atoms with Crippen molar-refractivity contribution in [1.29, 1.82) is 0 Å². The summed E-state index contributed by atoms with van der Waals surface area (Å²) in [5.74, 6) is 1.80. The van der Waals surface area contributed by atoms with Crippen molar-refractivity contribution in [2.24, 2.45) is 5.92 Å². The van der Waals surface area contributed by atoms with Crippen LogP contribution in [0.3, 0.4) is 0 Å². The zero-order valence-corrected chi connectivity index (χ0v) is 18.9. The number of nitrogens with one attached hydrogen (secondary N) is 1. The Kier molecular flexibility index (Phi) is 8.31. The van der Waals surface area contributed by atoms with Crippen molar-refractivity contribution in [3.8, 4) is 0 Å². The monoisotopic (exact) mass is 430 g/mol. The first kappa shape index (κ1) is 22.0. The summed E-state index contributed by atoms with van der Waals surface area (Å²) in [5, 5.41) is 3.88. The second kappa shape index (κ2) is 10.9. The molecule has 0 spiro atoms. The molecule has 0 radical (unpaired) electrons. The van der Waals surface area contributed by atoms with E-state index in [1.165, 1.54) is 23.4 Å². The minimum atomic E-state index is 0.0285. The summed E-state index contributed by atoms with van der Waals surface area (Å²) < 4.78 is 0. The highest BCUT2D eigenvalue weighted by molar-refractivity contribution is 7.99. The molecular weight excluding hydrogens is 400 g/mol. The number of hydrogen-bond donors (Lipinski definition) is 1. The lowest BCUT2D eigenvalue weighted by Crippen LogP contribution is -2.34. The van der Waals surface area contributed by atoms with Gasteiger partial charge in [0.25, 0.3) is 0 Å². The molecule has 1 amide bonds. The Labute approximate surface area is 184 Å². The Morgan fingerprint density at radius 2 is 1.93 bits per heavy atom. The van der Waals surface area contributed by atoms with E-state index < -0.39 is 0 Å². The quantitative estimate of drug-likeness (QED) is 0.392. The number of thioether (sulfide) groups is 1. The molecule has 2 aromatic rings. The summed E-state index contributed by atoms with van der Waals surface area (Å²) in [6.45, 7) is 6.66. The van der Waals surface area contributed by atoms with E-state index in [1.54, 1.807) is 11.8 Å². The number of piperidine rings is 1. The van der Waals surface area contributed by atoms with Crippen molar-refractivity contribution in [2.75, 3.05) is 23.7 Å². The highest BCUT2D eigenvalue weighted by atomic mass is 35.5. The standard InChI is InChI=1S/C24H31ClN2OS/c1-18-5-3-15-27(17-18)22-11-7-20(8-12-22)19(2)26-24(28)6-4-16-29-23-13-9-21(25)10-14-23/h7-14,18-19H,3-6,15-17H2,1-2H3,(H,26,28)/t18-,19-/m1/s1. The number of anilines is 1. The molecule has 1 heterocycles. The lowest BCUT2D eigenvalue weighted by atomic mass is 9.99. The molecular formula is C24H31ClN2OS. The van der Waals surface area contributed by atoms with Crippen molar-refractivity contribution in [1.82, 2.24) is 5.32 Å². The number of nitrogens with zero attached hydrogens (tertiary/aromatic N) is 1. The molecule has 1 fully saturated rings. The second-order valence-corrected chi connectivity index (χ2v) is 9.58. The van der Waals surface area contributed by atoms with Crippen LogP contribution in [0.2, 0.25) is 5.02 Å². The van der Waals surface area contributed by atoms with E-state index >= 15 is 0 Å². The van der Waals surface area contributed by atoms with E-state index in [2.05, 4.69) is 48.3 Å². The number of hydrogen-bond acceptors (Lipinski definition) is 3. The van der Waals surface area contributed by atoms with Crippen LogP contribution in [-0.2, 0) is 4.79 Å². The van der Waals surface area contributed by atoms with Gasteiger partial charge in [-0.1, -0.05) is 30.7 Å². The van der Waals surface area contributed by atoms with E-state index in [-0.39, 0.29) is 11.9 Å². The Balaban J connectivity index is 1.40. The van der Waals surface area contributed by atoms with Crippen LogP contribution < -0.4 is 10.2 Å². The van der Waals surface area contributed by atoms with Crippen molar-refractivity contribution >= 4 is 35.0 Å². The van der Waals surface area contributed by atoms with E-state index in [9.17, 15) is 4.79 Å². The maximum atomic E-state index is 12.3. The Bertz CT molecular complexity index is 778. The van der Waals surface area contributed by atoms with Crippen molar-refractivity contribution in [2.45, 2.75) is 50.5 Å². The summed E-state index contributed by atoms with van der Waals surface area (Å²) in [4.78, 5) is 15.9. The maximum Gasteiger partial charge on any atom is 0.220 e. The third-order valence-electron chi connectivity index (χ3n) is 5.42. The fourth-order valence-corrected chi connectivity index (χ4v) is 4.73. The first-order valence-corrected chi connectivity index (χ1v) is 11.9. The van der Waals surface area contributed by atoms with Gasteiger partial charge in [-0.25, -0.2) is 0 Å². The molecule has 1 N–H and O–H groups in total. The van der Waals surface area contributed by atoms with Crippen LogP contribution in [0.15, 0.2) is 53.4 Å². The van der Waals surface area contributed by atoms with Gasteiger partial charge in [-0.15, -0.1) is 11.8 Å². The molecule has 1 aliphatic rings. The molecule has 0 aromatic heterocycles. The summed E-state index contributed by atoms with van der Waals surface area (Å²) >= 11 is 7.66. The number of carbonyl (C=O) groups is 1. The second-order valence-electron chi connectivity index (χ2n) is 7.98. The van der Waals surface area contributed by atoms with Gasteiger partial charge in [0.15, 0.2) is 0 Å². The topological polar surface area (TPSA) is 32.3 Å². The fraction of sp³-hybridized carbons (Fsp3) is 0.458. The molecule has 0 saturated carbocycles. The van der Waals surface area contributed by atoms with E-state index in [1.807, 2.05) is 24.3 Å². The number of benzene rings is 2. The number of carbonyl (C=O) groups excluding carboxylic acids is 1. The SMILES string of the molecule is C[C@@H]1CCCN(c2ccc([C@@H](C)NC(=O)CCCSc3ccc(Cl)cc3)cc2)C1. The minimum Gasteiger partial charge on any atom is -0.371 e. The third-order valence-corrected chi connectivity index (χ3v) is 6.77. The predicted octanol–water partition coefficient (Wildman–Crippen LogP) is 6.33. The Hall–Kier alpha value is -1.65. The van der Waals surface area contributed by atoms with Crippen LogP contribution in [0, 0.1) is 5.92 Å². The molecule has 156 valence electrons. The first-order valence-electron chi connectivity index (χ1n) is 10.5. The van der Waals surface area contributed by atoms with E-state index in [0.717, 1.165) is 41.8 Å². The largest absolute Gasteiger partial charge is 0.371 e. The van der Waals surface area contributed by atoms with Crippen LogP contribution in [0.25, 0.3) is 0 Å². The smallest absolute Gasteiger partial charge is 0.220 e. The fourth-order valence-electron chi connectivity index (χ4n) is 3.75. The molecule has 2 atom stereocenters. The van der Waals surface area contributed by atoms with Crippen LogP contribution in [0.1, 0.15) is 51.1 Å². The molecule has 5 heteroatoms. The molecule has 29 heavy (non-hydrogen) atoms. The average molecular weight is 431 g/mol. The number of halogens is 1. The Morgan fingerprint density at radius 3 is 2.62 bits per heavy atom. The van der Waals surface area contributed by atoms with Gasteiger partial charge < -0.3 is 10.2 Å². The Morgan fingerprint density at radius 1 is 1.21 bits per heavy atom. The highest BCUT2D eigenvalue weighted by Gasteiger charge is 2.17. The van der Waals surface area contributed by atoms with Gasteiger partial charge >= 0.3 is 0 Å². The molecule has 0 bridgehead atoms. The third kappa shape index (κ3) is 6.97. The predicted molar refractivity (Wildman–Crippen MR) is 125 cm³/mol. The van der Waals surface area contributed by atoms with Crippen molar-refractivity contribution < 1.29 is 4.79 Å². The van der Waals surface area contributed by atoms with Crippen LogP contribution >= 0.6 is 23.4 Å². The summed E-state index contributed by atoms with van der Waals surface area (Å²) in [6.07, 6.45) is 4.01. The van der Waals surface area contributed by atoms with Gasteiger partial charge in [0.2, 0.25) is 5.91 Å². The van der Waals surface area contributed by atoms with Gasteiger partial charge in [0.05, 0.1) is 6.04 Å². The van der Waals surface area contributed by atoms with Crippen LogP contribution in [0.4, 0.5) is 5.69 Å². The van der Waals surface area contributed by atoms with Gasteiger partial charge in [0.1, 0.15) is 0 Å². The average Bonchev–Trinajstić information content (AvgIpc) is 2.72. The zero-order valence-electron chi connectivity index (χ0n) is 17.4. The van der Waals surface area contributed by atoms with Gasteiger partial charge in [-0.05, 0) is 79.8 Å². The molecule has 2 aromatic carbocycles. The molecule has 3 rings (SSSR count). The van der Waals surface area contributed by atoms with Crippen LogP contribution in [-0.4, -0.2) is 24.7 Å². The minimum absolute atomic E-state index is 0.0285. The number of amides is 1. The normalized spacial score (nSPS) is 17.8. The zero-order chi connectivity index (χ0) is 20.6. The molecule has 1 aliphatic heterocycles. The van der Waals surface area contributed by atoms with Crippen LogP contribution in [0.5, 0.6) is 0 Å². The van der Waals surface area contributed by atoms with Crippen molar-refractivity contribution in [3.63, 3.8) is 0 Å².